The van der Waals surface area contributed by atoms with Crippen LogP contribution in [0.25, 0.3) is 0 Å². The van der Waals surface area contributed by atoms with Crippen molar-refractivity contribution in [1.29, 1.82) is 10.5 Å². The van der Waals surface area contributed by atoms with E-state index in [2.05, 4.69) is 15.4 Å². The number of nitrogens with zero attached hydrogens (tertiary/aromatic N) is 4. The van der Waals surface area contributed by atoms with Crippen LogP contribution in [0.2, 0.25) is 0 Å². The predicted molar refractivity (Wildman–Crippen MR) is 94.1 cm³/mol. The second-order valence-electron chi connectivity index (χ2n) is 5.08. The molecule has 1 fully saturated rings. The van der Waals surface area contributed by atoms with Crippen molar-refractivity contribution in [3.63, 3.8) is 0 Å². The number of hydrogen-bond acceptors (Lipinski definition) is 8. The lowest BCUT2D eigenvalue weighted by atomic mass is 10.2. The minimum absolute atomic E-state index is 0.266. The van der Waals surface area contributed by atoms with E-state index in [1.807, 2.05) is 19.9 Å². The van der Waals surface area contributed by atoms with Crippen LogP contribution in [-0.4, -0.2) is 45.2 Å². The van der Waals surface area contributed by atoms with E-state index in [1.165, 1.54) is 0 Å². The molecular formula is C17H21N5O3. The summed E-state index contributed by atoms with van der Waals surface area (Å²) in [4.78, 5) is 2.18. The molecule has 1 aliphatic heterocycles. The summed E-state index contributed by atoms with van der Waals surface area (Å²) >= 11 is 0. The fourth-order valence-corrected chi connectivity index (χ4v) is 2.43. The van der Waals surface area contributed by atoms with Gasteiger partial charge in [0.15, 0.2) is 0 Å². The fraction of sp³-hybridized carbons (Fsp3) is 0.471. The number of ether oxygens (including phenoxy) is 3. The van der Waals surface area contributed by atoms with E-state index in [4.69, 9.17) is 24.7 Å². The highest BCUT2D eigenvalue weighted by Gasteiger charge is 2.19. The van der Waals surface area contributed by atoms with Crippen LogP contribution in [-0.2, 0) is 4.74 Å². The van der Waals surface area contributed by atoms with E-state index in [0.29, 0.717) is 43.6 Å². The highest BCUT2D eigenvalue weighted by Crippen LogP contribution is 2.39. The molecule has 0 spiro atoms. The molecule has 25 heavy (non-hydrogen) atoms. The number of morpholine rings is 1. The molecule has 8 nitrogen and oxygen atoms in total. The topological polar surface area (TPSA) is 103 Å². The number of nitrogens with one attached hydrogen (secondary N) is 1. The average Bonchev–Trinajstić information content (AvgIpc) is 2.65. The van der Waals surface area contributed by atoms with E-state index in [-0.39, 0.29) is 5.71 Å². The summed E-state index contributed by atoms with van der Waals surface area (Å²) in [6.07, 6.45) is 0. The third-order valence-corrected chi connectivity index (χ3v) is 3.51. The molecule has 1 saturated heterocycles. The summed E-state index contributed by atoms with van der Waals surface area (Å²) in [6.45, 7) is 7.63. The number of nitriles is 2. The summed E-state index contributed by atoms with van der Waals surface area (Å²) in [7, 11) is 0. The van der Waals surface area contributed by atoms with Crippen LogP contribution in [0, 0.1) is 22.7 Å². The van der Waals surface area contributed by atoms with Gasteiger partial charge in [-0.05, 0) is 13.8 Å². The minimum Gasteiger partial charge on any atom is -0.492 e. The van der Waals surface area contributed by atoms with Crippen molar-refractivity contribution in [1.82, 2.24) is 0 Å². The Morgan fingerprint density at radius 3 is 2.40 bits per heavy atom. The molecule has 1 aliphatic rings. The standard InChI is InChI=1S/C17H21N5O3/c1-3-24-16-10-15(22-5-7-23-8-6-22)17(25-4-2)9-14(16)21-20-13(11-18)12-19/h9-10,21H,3-8H2,1-2H3. The lowest BCUT2D eigenvalue weighted by Gasteiger charge is -2.31. The molecule has 0 aromatic heterocycles. The number of hydrazone groups is 1. The zero-order valence-corrected chi connectivity index (χ0v) is 14.4. The zero-order chi connectivity index (χ0) is 18.1. The van der Waals surface area contributed by atoms with Crippen LogP contribution >= 0.6 is 0 Å². The maximum atomic E-state index is 8.81. The molecule has 0 bridgehead atoms. The van der Waals surface area contributed by atoms with Crippen molar-refractivity contribution in [2.45, 2.75) is 13.8 Å². The first-order valence-corrected chi connectivity index (χ1v) is 8.13. The Bertz CT molecular complexity index is 683. The number of hydrogen-bond donors (Lipinski definition) is 1. The van der Waals surface area contributed by atoms with Gasteiger partial charge >= 0.3 is 0 Å². The highest BCUT2D eigenvalue weighted by molar-refractivity contribution is 6.10. The van der Waals surface area contributed by atoms with Gasteiger partial charge < -0.3 is 19.1 Å². The number of rotatable bonds is 7. The molecule has 1 aromatic carbocycles. The largest absolute Gasteiger partial charge is 0.492 e. The minimum atomic E-state index is -0.266. The van der Waals surface area contributed by atoms with E-state index in [1.54, 1.807) is 18.2 Å². The summed E-state index contributed by atoms with van der Waals surface area (Å²) in [5, 5.41) is 21.4. The third-order valence-electron chi connectivity index (χ3n) is 3.51. The molecule has 0 aliphatic carbocycles. The molecule has 2 rings (SSSR count). The molecule has 132 valence electrons. The average molecular weight is 343 g/mol. The van der Waals surface area contributed by atoms with Gasteiger partial charge in [0, 0.05) is 25.2 Å². The molecule has 0 atom stereocenters. The van der Waals surface area contributed by atoms with E-state index < -0.39 is 0 Å². The molecule has 1 N–H and O–H groups in total. The van der Waals surface area contributed by atoms with Crippen LogP contribution in [0.15, 0.2) is 17.2 Å². The van der Waals surface area contributed by atoms with Crippen LogP contribution in [0.4, 0.5) is 11.4 Å². The maximum absolute atomic E-state index is 8.81. The van der Waals surface area contributed by atoms with Gasteiger partial charge in [-0.2, -0.15) is 15.6 Å². The van der Waals surface area contributed by atoms with Crippen LogP contribution < -0.4 is 19.8 Å². The molecule has 8 heteroatoms. The van der Waals surface area contributed by atoms with Crippen LogP contribution in [0.3, 0.4) is 0 Å². The van der Waals surface area contributed by atoms with Gasteiger partial charge in [0.2, 0.25) is 5.71 Å². The van der Waals surface area contributed by atoms with Gasteiger partial charge in [-0.3, -0.25) is 5.43 Å². The van der Waals surface area contributed by atoms with Gasteiger partial charge in [-0.1, -0.05) is 0 Å². The summed E-state index contributed by atoms with van der Waals surface area (Å²) < 4.78 is 16.9. The van der Waals surface area contributed by atoms with Crippen LogP contribution in [0.5, 0.6) is 11.5 Å². The number of benzene rings is 1. The van der Waals surface area contributed by atoms with Crippen molar-refractivity contribution in [2.24, 2.45) is 5.10 Å². The fourth-order valence-electron chi connectivity index (χ4n) is 2.43. The van der Waals surface area contributed by atoms with E-state index in [9.17, 15) is 0 Å². The first-order valence-electron chi connectivity index (χ1n) is 8.13. The number of anilines is 2. The Morgan fingerprint density at radius 1 is 1.16 bits per heavy atom. The second-order valence-corrected chi connectivity index (χ2v) is 5.08. The van der Waals surface area contributed by atoms with Gasteiger partial charge in [-0.25, -0.2) is 0 Å². The second kappa shape index (κ2) is 9.36. The summed E-state index contributed by atoms with van der Waals surface area (Å²) in [5.74, 6) is 1.26. The SMILES string of the molecule is CCOc1cc(N2CCOCC2)c(OCC)cc1NN=C(C#N)C#N. The molecule has 1 heterocycles. The summed E-state index contributed by atoms with van der Waals surface area (Å²) in [6, 6.07) is 7.07. The monoisotopic (exact) mass is 343 g/mol. The molecule has 0 saturated carbocycles. The maximum Gasteiger partial charge on any atom is 0.237 e. The Balaban J connectivity index is 2.41. The van der Waals surface area contributed by atoms with Gasteiger partial charge in [0.05, 0.1) is 32.1 Å². The van der Waals surface area contributed by atoms with Crippen molar-refractivity contribution < 1.29 is 14.2 Å². The quantitative estimate of drug-likeness (QED) is 0.597. The van der Waals surface area contributed by atoms with Gasteiger partial charge in [-0.15, -0.1) is 0 Å². The Morgan fingerprint density at radius 2 is 1.80 bits per heavy atom. The first kappa shape index (κ1) is 18.4. The highest BCUT2D eigenvalue weighted by atomic mass is 16.5. The normalized spacial score (nSPS) is 13.4. The Labute approximate surface area is 147 Å². The lowest BCUT2D eigenvalue weighted by molar-refractivity contribution is 0.122. The third kappa shape index (κ3) is 4.75. The van der Waals surface area contributed by atoms with Crippen LogP contribution in [0.1, 0.15) is 13.8 Å². The lowest BCUT2D eigenvalue weighted by Crippen LogP contribution is -2.36. The van der Waals surface area contributed by atoms with E-state index >= 15 is 0 Å². The zero-order valence-electron chi connectivity index (χ0n) is 14.4. The molecule has 1 aromatic rings. The summed E-state index contributed by atoms with van der Waals surface area (Å²) in [5.41, 5.74) is 3.91. The smallest absolute Gasteiger partial charge is 0.237 e. The van der Waals surface area contributed by atoms with Crippen molar-refractivity contribution >= 4 is 17.1 Å². The van der Waals surface area contributed by atoms with Gasteiger partial charge in [0.25, 0.3) is 0 Å². The van der Waals surface area contributed by atoms with Crippen molar-refractivity contribution in [3.05, 3.63) is 12.1 Å². The Hall–Kier alpha value is -2.97. The predicted octanol–water partition coefficient (Wildman–Crippen LogP) is 2.14. The molecular weight excluding hydrogens is 322 g/mol. The molecule has 0 unspecified atom stereocenters. The van der Waals surface area contributed by atoms with E-state index in [0.717, 1.165) is 18.8 Å². The molecule has 0 amide bonds. The van der Waals surface area contributed by atoms with Crippen molar-refractivity contribution in [3.8, 4) is 23.6 Å². The van der Waals surface area contributed by atoms with Crippen molar-refractivity contribution in [2.75, 3.05) is 49.8 Å². The molecule has 0 radical (unpaired) electrons. The Kier molecular flexibility index (Phi) is 6.87. The van der Waals surface area contributed by atoms with Gasteiger partial charge in [0.1, 0.15) is 29.3 Å². The first-order chi connectivity index (χ1) is 12.2.